The summed E-state index contributed by atoms with van der Waals surface area (Å²) in [6.45, 7) is 7.25. The van der Waals surface area contributed by atoms with Crippen LogP contribution in [0.4, 0.5) is 10.8 Å². The number of nitrogens with zero attached hydrogens (tertiary/aromatic N) is 3. The van der Waals surface area contributed by atoms with Crippen molar-refractivity contribution in [2.75, 3.05) is 23.4 Å². The zero-order valence-electron chi connectivity index (χ0n) is 15.5. The maximum Gasteiger partial charge on any atom is 0.209 e. The molecule has 0 radical (unpaired) electrons. The lowest BCUT2D eigenvalue weighted by atomic mass is 10.1. The van der Waals surface area contributed by atoms with E-state index in [1.54, 1.807) is 4.68 Å². The van der Waals surface area contributed by atoms with Gasteiger partial charge in [-0.25, -0.2) is 13.1 Å². The van der Waals surface area contributed by atoms with Gasteiger partial charge in [0.2, 0.25) is 5.13 Å². The summed E-state index contributed by atoms with van der Waals surface area (Å²) < 4.78 is 26.0. The van der Waals surface area contributed by atoms with Crippen LogP contribution < -0.4 is 5.32 Å². The summed E-state index contributed by atoms with van der Waals surface area (Å²) in [6.07, 6.45) is 0.664. The highest BCUT2D eigenvalue weighted by Gasteiger charge is 2.31. The predicted octanol–water partition coefficient (Wildman–Crippen LogP) is 4.15. The van der Waals surface area contributed by atoms with Gasteiger partial charge in [0.05, 0.1) is 28.9 Å². The van der Waals surface area contributed by atoms with E-state index in [1.807, 2.05) is 26.8 Å². The molecule has 1 aromatic heterocycles. The van der Waals surface area contributed by atoms with E-state index in [4.69, 9.17) is 23.8 Å². The first kappa shape index (κ1) is 20.7. The van der Waals surface area contributed by atoms with Crippen molar-refractivity contribution in [1.29, 1.82) is 0 Å². The summed E-state index contributed by atoms with van der Waals surface area (Å²) in [7, 11) is -2.92. The lowest BCUT2D eigenvalue weighted by Gasteiger charge is -2.26. The van der Waals surface area contributed by atoms with Gasteiger partial charge in [-0.15, -0.1) is 5.10 Å². The highest BCUT2D eigenvalue weighted by atomic mass is 35.5. The van der Waals surface area contributed by atoms with E-state index in [2.05, 4.69) is 21.4 Å². The SMILES string of the molecule is CCN(Cn1nc(Nc2c(C)cc(C)cc2Cl)sc1=S)[C@@H]1CCS(=O)(=O)C1. The van der Waals surface area contributed by atoms with E-state index in [-0.39, 0.29) is 17.5 Å². The standard InChI is InChI=1S/C17H23ClN4O2S3/c1-4-21(13-5-6-27(23,24)9-13)10-22-17(25)26-16(20-22)19-15-12(3)7-11(2)8-14(15)18/h7-8,13H,4-6,9-10H2,1-3H3,(H,19,20)/t13-/m1/s1. The van der Waals surface area contributed by atoms with Gasteiger partial charge in [0.15, 0.2) is 13.8 Å². The zero-order valence-corrected chi connectivity index (χ0v) is 18.7. The van der Waals surface area contributed by atoms with Crippen LogP contribution in [-0.4, -0.2) is 47.2 Å². The molecule has 10 heteroatoms. The van der Waals surface area contributed by atoms with E-state index >= 15 is 0 Å². The quantitative estimate of drug-likeness (QED) is 0.672. The number of sulfone groups is 1. The second-order valence-corrected chi connectivity index (χ2v) is 11.1. The minimum atomic E-state index is -2.92. The lowest BCUT2D eigenvalue weighted by Crippen LogP contribution is -2.37. The number of aromatic nitrogens is 2. The molecular formula is C17H23ClN4O2S3. The van der Waals surface area contributed by atoms with Gasteiger partial charge in [0.25, 0.3) is 0 Å². The van der Waals surface area contributed by atoms with Gasteiger partial charge in [-0.1, -0.05) is 35.9 Å². The Bertz CT molecular complexity index is 977. The fourth-order valence-corrected chi connectivity index (χ4v) is 6.46. The molecule has 1 atom stereocenters. The lowest BCUT2D eigenvalue weighted by molar-refractivity contribution is 0.165. The molecule has 148 valence electrons. The molecule has 2 heterocycles. The first-order chi connectivity index (χ1) is 12.7. The summed E-state index contributed by atoms with van der Waals surface area (Å²) in [6, 6.07) is 3.99. The number of rotatable bonds is 6. The Morgan fingerprint density at radius 3 is 2.78 bits per heavy atom. The van der Waals surface area contributed by atoms with Crippen LogP contribution in [0.2, 0.25) is 5.02 Å². The Balaban J connectivity index is 1.78. The molecular weight excluding hydrogens is 424 g/mol. The number of halogens is 1. The molecule has 1 fully saturated rings. The van der Waals surface area contributed by atoms with E-state index in [0.29, 0.717) is 27.2 Å². The first-order valence-electron chi connectivity index (χ1n) is 8.74. The topological polar surface area (TPSA) is 67.2 Å². The summed E-state index contributed by atoms with van der Waals surface area (Å²) in [5.74, 6) is 0.468. The van der Waals surface area contributed by atoms with Gasteiger partial charge in [-0.2, -0.15) is 0 Å². The fraction of sp³-hybridized carbons (Fsp3) is 0.529. The van der Waals surface area contributed by atoms with Gasteiger partial charge in [-0.05, 0) is 56.2 Å². The smallest absolute Gasteiger partial charge is 0.209 e. The van der Waals surface area contributed by atoms with Gasteiger partial charge < -0.3 is 5.32 Å². The Morgan fingerprint density at radius 1 is 1.44 bits per heavy atom. The number of anilines is 2. The van der Waals surface area contributed by atoms with E-state index in [1.165, 1.54) is 11.3 Å². The van der Waals surface area contributed by atoms with Crippen LogP contribution in [0.25, 0.3) is 0 Å². The van der Waals surface area contributed by atoms with Crippen molar-refractivity contribution in [3.63, 3.8) is 0 Å². The second-order valence-electron chi connectivity index (χ2n) is 6.84. The molecule has 1 aromatic carbocycles. The molecule has 27 heavy (non-hydrogen) atoms. The summed E-state index contributed by atoms with van der Waals surface area (Å²) in [5.41, 5.74) is 2.97. The van der Waals surface area contributed by atoms with Crippen LogP contribution >= 0.6 is 35.2 Å². The van der Waals surface area contributed by atoms with E-state index in [9.17, 15) is 8.42 Å². The van der Waals surface area contributed by atoms with Crippen LogP contribution in [0.15, 0.2) is 12.1 Å². The van der Waals surface area contributed by atoms with Crippen LogP contribution in [-0.2, 0) is 16.5 Å². The molecule has 1 aliphatic heterocycles. The minimum absolute atomic E-state index is 0.0220. The summed E-state index contributed by atoms with van der Waals surface area (Å²) >= 11 is 13.2. The van der Waals surface area contributed by atoms with Crippen molar-refractivity contribution < 1.29 is 8.42 Å². The predicted molar refractivity (Wildman–Crippen MR) is 115 cm³/mol. The van der Waals surface area contributed by atoms with Gasteiger partial charge in [-0.3, -0.25) is 4.90 Å². The van der Waals surface area contributed by atoms with E-state index < -0.39 is 9.84 Å². The van der Waals surface area contributed by atoms with Crippen molar-refractivity contribution >= 4 is 55.8 Å². The molecule has 0 aliphatic carbocycles. The average Bonchev–Trinajstić information content (AvgIpc) is 3.10. The second kappa shape index (κ2) is 8.16. The van der Waals surface area contributed by atoms with Crippen molar-refractivity contribution in [3.8, 4) is 0 Å². The maximum absolute atomic E-state index is 11.8. The largest absolute Gasteiger partial charge is 0.329 e. The van der Waals surface area contributed by atoms with Gasteiger partial charge >= 0.3 is 0 Å². The van der Waals surface area contributed by atoms with Crippen LogP contribution in [0.1, 0.15) is 24.5 Å². The Labute approximate surface area is 174 Å². The molecule has 6 nitrogen and oxygen atoms in total. The third kappa shape index (κ3) is 4.89. The number of nitrogens with one attached hydrogen (secondary N) is 1. The Morgan fingerprint density at radius 2 is 2.19 bits per heavy atom. The highest BCUT2D eigenvalue weighted by Crippen LogP contribution is 2.31. The number of benzene rings is 1. The molecule has 1 saturated heterocycles. The van der Waals surface area contributed by atoms with Crippen molar-refractivity contribution in [2.45, 2.75) is 39.9 Å². The maximum atomic E-state index is 11.8. The number of aryl methyl sites for hydroxylation is 2. The zero-order chi connectivity index (χ0) is 19.8. The molecule has 2 aromatic rings. The first-order valence-corrected chi connectivity index (χ1v) is 12.2. The normalized spacial score (nSPS) is 18.9. The molecule has 0 unspecified atom stereocenters. The summed E-state index contributed by atoms with van der Waals surface area (Å²) in [5, 5.41) is 9.17. The Kier molecular flexibility index (Phi) is 6.27. The molecule has 0 bridgehead atoms. The monoisotopic (exact) mass is 446 g/mol. The average molecular weight is 447 g/mol. The third-order valence-corrected chi connectivity index (χ3v) is 7.99. The van der Waals surface area contributed by atoms with E-state index in [0.717, 1.165) is 23.4 Å². The van der Waals surface area contributed by atoms with Crippen LogP contribution in [0.3, 0.4) is 0 Å². The molecule has 0 spiro atoms. The number of hydrogen-bond acceptors (Lipinski definition) is 7. The molecule has 3 rings (SSSR count). The van der Waals surface area contributed by atoms with Gasteiger partial charge in [0, 0.05) is 6.04 Å². The van der Waals surface area contributed by atoms with Crippen LogP contribution in [0, 0.1) is 17.8 Å². The number of hydrogen-bond donors (Lipinski definition) is 1. The molecule has 0 saturated carbocycles. The third-order valence-electron chi connectivity index (χ3n) is 4.72. The van der Waals surface area contributed by atoms with Gasteiger partial charge in [0.1, 0.15) is 0 Å². The fourth-order valence-electron chi connectivity index (χ4n) is 3.34. The molecule has 0 amide bonds. The summed E-state index contributed by atoms with van der Waals surface area (Å²) in [4.78, 5) is 2.12. The minimum Gasteiger partial charge on any atom is -0.329 e. The van der Waals surface area contributed by atoms with Crippen molar-refractivity contribution in [1.82, 2.24) is 14.7 Å². The van der Waals surface area contributed by atoms with Crippen molar-refractivity contribution in [2.24, 2.45) is 0 Å². The Hall–Kier alpha value is -1.00. The highest BCUT2D eigenvalue weighted by molar-refractivity contribution is 7.91. The van der Waals surface area contributed by atoms with Crippen molar-refractivity contribution in [3.05, 3.63) is 32.2 Å². The molecule has 1 aliphatic rings. The van der Waals surface area contributed by atoms with Crippen LogP contribution in [0.5, 0.6) is 0 Å². The molecule has 1 N–H and O–H groups in total.